The van der Waals surface area contributed by atoms with Crippen LogP contribution in [0.2, 0.25) is 0 Å². The van der Waals surface area contributed by atoms with E-state index in [9.17, 15) is 32.1 Å². The SMILES string of the molecule is O=S(=O)([O-])C(F)(F)F.O=S(=O)([O-])C(F)(F)F.[CH]C(C)(C)c1ccccc1.[Mo+2].[N]C12CC3CC(CC(C3)C1)C2. The molecule has 0 aliphatic heterocycles. The predicted molar refractivity (Wildman–Crippen MR) is 118 cm³/mol. The molecule has 1 aromatic carbocycles. The average Bonchev–Trinajstić information content (AvgIpc) is 2.64. The molecule has 0 unspecified atom stereocenters. The van der Waals surface area contributed by atoms with Crippen LogP contribution in [-0.2, 0) is 46.7 Å². The molecule has 0 spiro atoms. The van der Waals surface area contributed by atoms with Crippen molar-refractivity contribution in [2.24, 2.45) is 17.8 Å². The Morgan fingerprint density at radius 3 is 1.21 bits per heavy atom. The van der Waals surface area contributed by atoms with Gasteiger partial charge in [0.2, 0.25) is 0 Å². The molecule has 16 heteroatoms. The van der Waals surface area contributed by atoms with Crippen LogP contribution in [0.5, 0.6) is 0 Å². The third-order valence-electron chi connectivity index (χ3n) is 6.09. The first-order valence-electron chi connectivity index (χ1n) is 11.0. The molecule has 0 atom stereocenters. The maximum Gasteiger partial charge on any atom is 2.00 e. The fraction of sp³-hybridized carbons (Fsp3) is 0.682. The summed E-state index contributed by atoms with van der Waals surface area (Å²) in [6.07, 6.45) is 7.66. The molecule has 0 amide bonds. The first-order valence-corrected chi connectivity index (χ1v) is 13.8. The van der Waals surface area contributed by atoms with Gasteiger partial charge in [-0.05, 0) is 74.2 Å². The van der Waals surface area contributed by atoms with Crippen molar-refractivity contribution in [3.63, 3.8) is 0 Å². The van der Waals surface area contributed by atoms with E-state index >= 15 is 0 Å². The summed E-state index contributed by atoms with van der Waals surface area (Å²) in [6.45, 7) is 9.86. The van der Waals surface area contributed by atoms with E-state index < -0.39 is 31.3 Å². The first-order chi connectivity index (χ1) is 16.3. The van der Waals surface area contributed by atoms with E-state index in [0.29, 0.717) is 0 Å². The van der Waals surface area contributed by atoms with Gasteiger partial charge >= 0.3 is 32.1 Å². The van der Waals surface area contributed by atoms with E-state index in [1.54, 1.807) is 0 Å². The van der Waals surface area contributed by atoms with Gasteiger partial charge in [0.1, 0.15) is 0 Å². The molecule has 1 aromatic rings. The van der Waals surface area contributed by atoms with Gasteiger partial charge in [0.15, 0.2) is 20.2 Å². The van der Waals surface area contributed by atoms with Gasteiger partial charge in [-0.3, -0.25) is 0 Å². The summed E-state index contributed by atoms with van der Waals surface area (Å²) >= 11 is 0. The summed E-state index contributed by atoms with van der Waals surface area (Å²) in [7, 11) is -12.2. The quantitative estimate of drug-likeness (QED) is 0.182. The largest absolute Gasteiger partial charge is 2.00 e. The van der Waals surface area contributed by atoms with Crippen molar-refractivity contribution in [3.8, 4) is 0 Å². The monoisotopic (exact) mass is 677 g/mol. The van der Waals surface area contributed by atoms with Crippen LogP contribution in [0.25, 0.3) is 0 Å². The molecular formula is C22H27F6MoNO6S2. The molecule has 4 fully saturated rings. The van der Waals surface area contributed by atoms with E-state index in [2.05, 4.69) is 0 Å². The zero-order valence-corrected chi connectivity index (χ0v) is 24.0. The zero-order valence-electron chi connectivity index (χ0n) is 20.3. The molecule has 7 nitrogen and oxygen atoms in total. The Hall–Kier alpha value is -0.732. The van der Waals surface area contributed by atoms with Crippen LogP contribution >= 0.6 is 0 Å². The van der Waals surface area contributed by atoms with Gasteiger partial charge < -0.3 is 9.11 Å². The molecule has 38 heavy (non-hydrogen) atoms. The predicted octanol–water partition coefficient (Wildman–Crippen LogP) is 4.80. The summed E-state index contributed by atoms with van der Waals surface area (Å²) in [5.41, 5.74) is -0.420. The van der Waals surface area contributed by atoms with Crippen LogP contribution in [0.3, 0.4) is 0 Å². The Labute approximate surface area is 233 Å². The van der Waals surface area contributed by atoms with Gasteiger partial charge in [-0.1, -0.05) is 44.2 Å². The molecule has 4 radical (unpaired) electrons. The van der Waals surface area contributed by atoms with Crippen molar-refractivity contribution < 1.29 is 73.3 Å². The summed E-state index contributed by atoms with van der Waals surface area (Å²) in [4.78, 5) is 0. The van der Waals surface area contributed by atoms with Crippen LogP contribution in [0.1, 0.15) is 57.9 Å². The Morgan fingerprint density at radius 2 is 1.05 bits per heavy atom. The van der Waals surface area contributed by atoms with Crippen LogP contribution in [0.15, 0.2) is 30.3 Å². The van der Waals surface area contributed by atoms with Crippen molar-refractivity contribution in [1.29, 1.82) is 0 Å². The molecule has 4 aliphatic carbocycles. The van der Waals surface area contributed by atoms with E-state index in [4.69, 9.17) is 32.9 Å². The molecule has 4 saturated carbocycles. The van der Waals surface area contributed by atoms with E-state index in [1.807, 2.05) is 44.2 Å². The van der Waals surface area contributed by atoms with Crippen molar-refractivity contribution in [1.82, 2.24) is 5.73 Å². The van der Waals surface area contributed by atoms with E-state index in [0.717, 1.165) is 37.0 Å². The second-order valence-electron chi connectivity index (χ2n) is 10.0. The Bertz CT molecular complexity index is 1010. The normalized spacial score (nSPS) is 26.4. The smallest absolute Gasteiger partial charge is 0.741 e. The number of alkyl halides is 6. The maximum absolute atomic E-state index is 10.7. The van der Waals surface area contributed by atoms with Crippen LogP contribution in [0.4, 0.5) is 26.3 Å². The molecule has 4 bridgehead atoms. The number of nitrogens with zero attached hydrogens (tertiary/aromatic N) is 1. The van der Waals surface area contributed by atoms with Gasteiger partial charge in [-0.2, -0.15) is 26.3 Å². The number of hydrogen-bond donors (Lipinski definition) is 0. The summed E-state index contributed by atoms with van der Waals surface area (Å²) < 4.78 is 118. The molecule has 0 N–H and O–H groups in total. The molecule has 0 heterocycles. The fourth-order valence-electron chi connectivity index (χ4n) is 4.93. The Kier molecular flexibility index (Phi) is 13.0. The summed E-state index contributed by atoms with van der Waals surface area (Å²) in [6, 6.07) is 10.1. The standard InChI is InChI=1S/C10H15N.C10H12.2CHF3O3S.Mo/c11-10-4-7-1-8(5-10)3-9(2-7)6-10;1-10(2,3)9-7-5-4-6-8-9;2*2-1(3,4)8(5,6)7;/h7-9H,1-6H2;1,4-8H,2-3H3;2*(H,5,6,7);/q;;;;+2/p-2. The number of halogens is 6. The number of hydrogen-bond acceptors (Lipinski definition) is 6. The minimum Gasteiger partial charge on any atom is -0.741 e. The van der Waals surface area contributed by atoms with Crippen LogP contribution in [0, 0.1) is 24.7 Å². The Morgan fingerprint density at radius 1 is 0.789 bits per heavy atom. The molecule has 216 valence electrons. The van der Waals surface area contributed by atoms with Gasteiger partial charge in [0, 0.05) is 0 Å². The Balaban J connectivity index is 0.000000483. The van der Waals surface area contributed by atoms with E-state index in [-0.39, 0.29) is 32.0 Å². The molecule has 0 aromatic heterocycles. The van der Waals surface area contributed by atoms with Gasteiger partial charge in [0.25, 0.3) is 0 Å². The first kappa shape index (κ1) is 37.3. The third kappa shape index (κ3) is 12.2. The van der Waals surface area contributed by atoms with Crippen molar-refractivity contribution in [2.75, 3.05) is 0 Å². The molecule has 4 aliphatic rings. The van der Waals surface area contributed by atoms with Gasteiger partial charge in [-0.15, -0.1) is 5.73 Å². The minimum atomic E-state index is -6.09. The van der Waals surface area contributed by atoms with E-state index in [1.165, 1.54) is 24.8 Å². The third-order valence-corrected chi connectivity index (χ3v) is 7.22. The molecule has 0 saturated heterocycles. The fourth-order valence-corrected chi connectivity index (χ4v) is 4.93. The second-order valence-corrected chi connectivity index (χ2v) is 12.8. The van der Waals surface area contributed by atoms with Crippen molar-refractivity contribution >= 4 is 20.2 Å². The summed E-state index contributed by atoms with van der Waals surface area (Å²) in [5.74, 6) is 2.68. The zero-order chi connectivity index (χ0) is 29.1. The van der Waals surface area contributed by atoms with Crippen molar-refractivity contribution in [3.05, 3.63) is 42.8 Å². The maximum atomic E-state index is 10.7. The number of rotatable bonds is 1. The average molecular weight is 676 g/mol. The van der Waals surface area contributed by atoms with Gasteiger partial charge in [-0.25, -0.2) is 16.8 Å². The second kappa shape index (κ2) is 13.3. The molecular weight excluding hydrogens is 648 g/mol. The van der Waals surface area contributed by atoms with Crippen molar-refractivity contribution in [2.45, 2.75) is 74.3 Å². The van der Waals surface area contributed by atoms with Gasteiger partial charge in [0.05, 0.1) is 5.54 Å². The van der Waals surface area contributed by atoms with Crippen LogP contribution in [-0.4, -0.2) is 42.5 Å². The minimum absolute atomic E-state index is 0. The topological polar surface area (TPSA) is 137 Å². The number of benzene rings is 1. The summed E-state index contributed by atoms with van der Waals surface area (Å²) in [5, 5.41) is 0. The van der Waals surface area contributed by atoms with Crippen LogP contribution < -0.4 is 5.73 Å². The molecule has 5 rings (SSSR count).